The first-order valence-electron chi connectivity index (χ1n) is 7.30. The van der Waals surface area contributed by atoms with Crippen molar-refractivity contribution in [3.8, 4) is 5.75 Å². The number of hydrogen-bond donors (Lipinski definition) is 1. The predicted octanol–water partition coefficient (Wildman–Crippen LogP) is 1.68. The monoisotopic (exact) mass is 290 g/mol. The highest BCUT2D eigenvalue weighted by Crippen LogP contribution is 2.15. The summed E-state index contributed by atoms with van der Waals surface area (Å²) < 4.78 is 5.08. The molecule has 5 nitrogen and oxygen atoms in total. The highest BCUT2D eigenvalue weighted by Gasteiger charge is 2.21. The van der Waals surface area contributed by atoms with Crippen molar-refractivity contribution < 1.29 is 14.3 Å². The molecule has 0 radical (unpaired) electrons. The van der Waals surface area contributed by atoms with Crippen molar-refractivity contribution in [1.29, 1.82) is 0 Å². The van der Waals surface area contributed by atoms with E-state index in [0.29, 0.717) is 17.2 Å². The van der Waals surface area contributed by atoms with E-state index in [2.05, 4.69) is 12.2 Å². The summed E-state index contributed by atoms with van der Waals surface area (Å²) in [7, 11) is 1.55. The van der Waals surface area contributed by atoms with Gasteiger partial charge in [0.05, 0.1) is 13.7 Å². The number of likely N-dealkylation sites (tertiary alicyclic amines) is 1. The molecule has 1 heterocycles. The van der Waals surface area contributed by atoms with Gasteiger partial charge in [-0.25, -0.2) is 0 Å². The van der Waals surface area contributed by atoms with Gasteiger partial charge in [-0.3, -0.25) is 9.59 Å². The van der Waals surface area contributed by atoms with Crippen molar-refractivity contribution >= 4 is 11.8 Å². The topological polar surface area (TPSA) is 58.6 Å². The van der Waals surface area contributed by atoms with Crippen LogP contribution in [0.4, 0.5) is 0 Å². The Balaban J connectivity index is 1.86. The molecule has 1 N–H and O–H groups in total. The Morgan fingerprint density at radius 3 is 2.95 bits per heavy atom. The molecule has 1 atom stereocenters. The van der Waals surface area contributed by atoms with Crippen molar-refractivity contribution in [2.45, 2.75) is 19.8 Å². The van der Waals surface area contributed by atoms with Crippen LogP contribution in [0.15, 0.2) is 24.3 Å². The van der Waals surface area contributed by atoms with Crippen LogP contribution in [0.3, 0.4) is 0 Å². The average Bonchev–Trinajstić information content (AvgIpc) is 2.52. The lowest BCUT2D eigenvalue weighted by Crippen LogP contribution is -2.44. The van der Waals surface area contributed by atoms with Crippen molar-refractivity contribution in [3.05, 3.63) is 29.8 Å². The number of rotatable bonds is 4. The Hall–Kier alpha value is -2.04. The molecular formula is C16H22N2O3. The van der Waals surface area contributed by atoms with Crippen LogP contribution < -0.4 is 10.1 Å². The number of hydrogen-bond acceptors (Lipinski definition) is 3. The summed E-state index contributed by atoms with van der Waals surface area (Å²) in [6, 6.07) is 6.88. The molecular weight excluding hydrogens is 268 g/mol. The highest BCUT2D eigenvalue weighted by molar-refractivity contribution is 5.96. The minimum absolute atomic E-state index is 0.0159. The summed E-state index contributed by atoms with van der Waals surface area (Å²) in [5.41, 5.74) is 0.495. The maximum absolute atomic E-state index is 12.1. The summed E-state index contributed by atoms with van der Waals surface area (Å²) in [6.45, 7) is 3.77. The molecule has 0 bridgehead atoms. The third kappa shape index (κ3) is 4.21. The average molecular weight is 290 g/mol. The second-order valence-electron chi connectivity index (χ2n) is 5.50. The number of carbonyl (C=O) groups is 2. The first-order chi connectivity index (χ1) is 10.1. The molecule has 1 fully saturated rings. The molecule has 1 saturated heterocycles. The van der Waals surface area contributed by atoms with Gasteiger partial charge in [0.15, 0.2) is 0 Å². The van der Waals surface area contributed by atoms with Gasteiger partial charge in [-0.2, -0.15) is 0 Å². The van der Waals surface area contributed by atoms with Gasteiger partial charge in [0.25, 0.3) is 5.91 Å². The minimum Gasteiger partial charge on any atom is -0.497 e. The lowest BCUT2D eigenvalue weighted by Gasteiger charge is -2.31. The molecule has 1 unspecified atom stereocenters. The summed E-state index contributed by atoms with van der Waals surface area (Å²) in [5.74, 6) is 0.890. The third-order valence-electron chi connectivity index (χ3n) is 3.74. The van der Waals surface area contributed by atoms with Crippen LogP contribution in [0.5, 0.6) is 5.75 Å². The molecule has 1 aliphatic heterocycles. The van der Waals surface area contributed by atoms with Crippen molar-refractivity contribution in [1.82, 2.24) is 10.2 Å². The second kappa shape index (κ2) is 7.11. The predicted molar refractivity (Wildman–Crippen MR) is 80.3 cm³/mol. The second-order valence-corrected chi connectivity index (χ2v) is 5.50. The highest BCUT2D eigenvalue weighted by atomic mass is 16.5. The van der Waals surface area contributed by atoms with Crippen molar-refractivity contribution in [2.24, 2.45) is 5.92 Å². The summed E-state index contributed by atoms with van der Waals surface area (Å²) in [5, 5.41) is 2.68. The van der Waals surface area contributed by atoms with Crippen LogP contribution >= 0.6 is 0 Å². The van der Waals surface area contributed by atoms with Crippen LogP contribution in [0.25, 0.3) is 0 Å². The summed E-state index contributed by atoms with van der Waals surface area (Å²) in [6.07, 6.45) is 2.21. The molecule has 2 rings (SSSR count). The number of nitrogens with zero attached hydrogens (tertiary/aromatic N) is 1. The van der Waals surface area contributed by atoms with Gasteiger partial charge in [-0.15, -0.1) is 0 Å². The number of amides is 2. The fourth-order valence-corrected chi connectivity index (χ4v) is 2.55. The van der Waals surface area contributed by atoms with E-state index >= 15 is 0 Å². The Bertz CT molecular complexity index is 516. The third-order valence-corrected chi connectivity index (χ3v) is 3.74. The standard InChI is InChI=1S/C16H22N2O3/c1-12-5-4-8-18(11-12)15(19)10-17-16(20)13-6-3-7-14(9-13)21-2/h3,6-7,9,12H,4-5,8,10-11H2,1-2H3,(H,17,20). The number of carbonyl (C=O) groups excluding carboxylic acids is 2. The van der Waals surface area contributed by atoms with Gasteiger partial charge in [0.1, 0.15) is 5.75 Å². The number of ether oxygens (including phenoxy) is 1. The Morgan fingerprint density at radius 1 is 1.43 bits per heavy atom. The lowest BCUT2D eigenvalue weighted by atomic mass is 10.0. The number of piperidine rings is 1. The van der Waals surface area contributed by atoms with Gasteiger partial charge < -0.3 is 15.0 Å². The van der Waals surface area contributed by atoms with E-state index in [9.17, 15) is 9.59 Å². The molecule has 1 aromatic carbocycles. The zero-order valence-electron chi connectivity index (χ0n) is 12.6. The SMILES string of the molecule is COc1cccc(C(=O)NCC(=O)N2CCCC(C)C2)c1. The van der Waals surface area contributed by atoms with Crippen LogP contribution in [0, 0.1) is 5.92 Å². The van der Waals surface area contributed by atoms with E-state index < -0.39 is 0 Å². The number of benzene rings is 1. The van der Waals surface area contributed by atoms with E-state index in [-0.39, 0.29) is 18.4 Å². The molecule has 0 aromatic heterocycles. The Morgan fingerprint density at radius 2 is 2.24 bits per heavy atom. The lowest BCUT2D eigenvalue weighted by molar-refractivity contribution is -0.131. The smallest absolute Gasteiger partial charge is 0.251 e. The maximum atomic E-state index is 12.1. The molecule has 21 heavy (non-hydrogen) atoms. The molecule has 1 aliphatic rings. The van der Waals surface area contributed by atoms with Crippen LogP contribution in [-0.4, -0.2) is 43.5 Å². The molecule has 0 aliphatic carbocycles. The first-order valence-corrected chi connectivity index (χ1v) is 7.30. The number of methoxy groups -OCH3 is 1. The quantitative estimate of drug-likeness (QED) is 0.918. The van der Waals surface area contributed by atoms with Gasteiger partial charge in [-0.1, -0.05) is 13.0 Å². The minimum atomic E-state index is -0.257. The van der Waals surface area contributed by atoms with Crippen molar-refractivity contribution in [3.63, 3.8) is 0 Å². The molecule has 5 heteroatoms. The van der Waals surface area contributed by atoms with E-state index in [1.807, 2.05) is 4.90 Å². The Kier molecular flexibility index (Phi) is 5.20. The number of nitrogens with one attached hydrogen (secondary N) is 1. The van der Waals surface area contributed by atoms with Gasteiger partial charge in [0.2, 0.25) is 5.91 Å². The van der Waals surface area contributed by atoms with Gasteiger partial charge in [0, 0.05) is 18.7 Å². The van der Waals surface area contributed by atoms with Crippen LogP contribution in [0.2, 0.25) is 0 Å². The maximum Gasteiger partial charge on any atom is 0.251 e. The molecule has 2 amide bonds. The van der Waals surface area contributed by atoms with E-state index in [4.69, 9.17) is 4.74 Å². The van der Waals surface area contributed by atoms with E-state index in [1.54, 1.807) is 31.4 Å². The van der Waals surface area contributed by atoms with Crippen LogP contribution in [0.1, 0.15) is 30.1 Å². The fourth-order valence-electron chi connectivity index (χ4n) is 2.55. The molecule has 0 spiro atoms. The Labute approximate surface area is 125 Å². The summed E-state index contributed by atoms with van der Waals surface area (Å²) >= 11 is 0. The van der Waals surface area contributed by atoms with E-state index in [1.165, 1.54) is 6.42 Å². The molecule has 1 aromatic rings. The first kappa shape index (κ1) is 15.4. The van der Waals surface area contributed by atoms with Gasteiger partial charge in [-0.05, 0) is 37.0 Å². The normalized spacial score (nSPS) is 18.2. The van der Waals surface area contributed by atoms with Crippen LogP contribution in [-0.2, 0) is 4.79 Å². The van der Waals surface area contributed by atoms with Crippen molar-refractivity contribution in [2.75, 3.05) is 26.7 Å². The zero-order valence-corrected chi connectivity index (χ0v) is 12.6. The zero-order chi connectivity index (χ0) is 15.2. The summed E-state index contributed by atoms with van der Waals surface area (Å²) in [4.78, 5) is 25.9. The molecule has 114 valence electrons. The van der Waals surface area contributed by atoms with E-state index in [0.717, 1.165) is 19.5 Å². The fraction of sp³-hybridized carbons (Fsp3) is 0.500. The molecule has 0 saturated carbocycles. The van der Waals surface area contributed by atoms with Gasteiger partial charge >= 0.3 is 0 Å². The largest absolute Gasteiger partial charge is 0.497 e.